The van der Waals surface area contributed by atoms with Crippen LogP contribution >= 0.6 is 0 Å². The summed E-state index contributed by atoms with van der Waals surface area (Å²) >= 11 is 0. The number of hydrogen-bond donors (Lipinski definition) is 3. The van der Waals surface area contributed by atoms with E-state index in [9.17, 15) is 8.42 Å². The number of aromatic amines is 1. The fourth-order valence-electron chi connectivity index (χ4n) is 4.58. The van der Waals surface area contributed by atoms with Gasteiger partial charge in [0, 0.05) is 30.4 Å². The third-order valence-corrected chi connectivity index (χ3v) is 8.21. The first-order valence-corrected chi connectivity index (χ1v) is 13.0. The van der Waals surface area contributed by atoms with Gasteiger partial charge in [0.1, 0.15) is 17.8 Å². The molecule has 5 heterocycles. The molecule has 4 aromatic rings. The second kappa shape index (κ2) is 8.50. The van der Waals surface area contributed by atoms with Crippen LogP contribution in [-0.4, -0.2) is 73.8 Å². The van der Waals surface area contributed by atoms with Gasteiger partial charge in [0.25, 0.3) is 0 Å². The van der Waals surface area contributed by atoms with Gasteiger partial charge in [0.05, 0.1) is 22.9 Å². The van der Waals surface area contributed by atoms with Crippen LogP contribution in [0, 0.1) is 5.82 Å². The van der Waals surface area contributed by atoms with Crippen molar-refractivity contribution < 1.29 is 17.5 Å². The third-order valence-electron chi connectivity index (χ3n) is 6.32. The summed E-state index contributed by atoms with van der Waals surface area (Å²) in [6.45, 7) is 4.95. The fourth-order valence-corrected chi connectivity index (χ4v) is 6.31. The van der Waals surface area contributed by atoms with Crippen molar-refractivity contribution in [2.24, 2.45) is 0 Å². The van der Waals surface area contributed by atoms with E-state index in [1.54, 1.807) is 12.4 Å². The van der Waals surface area contributed by atoms with Crippen molar-refractivity contribution in [3.05, 3.63) is 42.7 Å². The Kier molecular flexibility index (Phi) is 5.39. The van der Waals surface area contributed by atoms with E-state index in [4.69, 9.17) is 4.74 Å². The number of halogens is 1. The maximum absolute atomic E-state index is 15.0. The Hall–Kier alpha value is -3.62. The summed E-state index contributed by atoms with van der Waals surface area (Å²) in [5.41, 5.74) is 1.68. The summed E-state index contributed by atoms with van der Waals surface area (Å²) in [6, 6.07) is 3.90. The van der Waals surface area contributed by atoms with Gasteiger partial charge in [-0.05, 0) is 45.0 Å². The molecule has 2 aliphatic rings. The first-order chi connectivity index (χ1) is 17.3. The van der Waals surface area contributed by atoms with Crippen molar-refractivity contribution in [3.63, 3.8) is 0 Å². The second-order valence-electron chi connectivity index (χ2n) is 9.04. The zero-order valence-electron chi connectivity index (χ0n) is 19.5. The van der Waals surface area contributed by atoms with E-state index in [-0.39, 0.29) is 34.7 Å². The topological polar surface area (TPSA) is 142 Å². The Bertz CT molecular complexity index is 1540. The molecule has 3 aromatic heterocycles. The lowest BCUT2D eigenvalue weighted by molar-refractivity contribution is 0.174. The highest BCUT2D eigenvalue weighted by atomic mass is 32.2. The maximum atomic E-state index is 15.0. The van der Waals surface area contributed by atoms with Crippen molar-refractivity contribution in [1.29, 1.82) is 0 Å². The summed E-state index contributed by atoms with van der Waals surface area (Å²) in [6.07, 6.45) is 5.38. The first kappa shape index (κ1) is 22.8. The molecule has 12 nitrogen and oxygen atoms in total. The molecule has 2 fully saturated rings. The highest BCUT2D eigenvalue weighted by Gasteiger charge is 2.48. The normalized spacial score (nSPS) is 20.0. The molecule has 0 amide bonds. The average Bonchev–Trinajstić information content (AvgIpc) is 3.55. The third kappa shape index (κ3) is 3.77. The molecule has 188 valence electrons. The number of sulfonamides is 1. The number of nitrogens with one attached hydrogen (secondary N) is 3. The Morgan fingerprint density at radius 2 is 2.17 bits per heavy atom. The molecule has 0 spiro atoms. The number of anilines is 2. The van der Waals surface area contributed by atoms with E-state index < -0.39 is 15.8 Å². The van der Waals surface area contributed by atoms with Crippen LogP contribution in [-0.2, 0) is 10.0 Å². The van der Waals surface area contributed by atoms with Crippen molar-refractivity contribution in [2.45, 2.75) is 43.4 Å². The van der Waals surface area contributed by atoms with Crippen molar-refractivity contribution >= 4 is 27.3 Å². The predicted molar refractivity (Wildman–Crippen MR) is 128 cm³/mol. The molecular formula is C22H24FN9O3S. The summed E-state index contributed by atoms with van der Waals surface area (Å²) < 4.78 is 49.9. The van der Waals surface area contributed by atoms with Gasteiger partial charge in [-0.2, -0.15) is 18.9 Å². The standard InChI is InChI=1S/C22H24FN9O3S/c1-12(2)35-20-19(13-8-26-27-9-13)25-11-31-21(20)29-22(30-31)28-16-4-3-14(7-15(16)23)36(33,34)32-10-17-18(32)5-6-24-17/h3-4,7-9,11-12,17-18,24H,5-6,10H2,1-2H3,(H,26,27)(H,28,30). The molecule has 0 bridgehead atoms. The minimum atomic E-state index is -3.77. The highest BCUT2D eigenvalue weighted by Crippen LogP contribution is 2.34. The highest BCUT2D eigenvalue weighted by molar-refractivity contribution is 7.89. The van der Waals surface area contributed by atoms with Gasteiger partial charge >= 0.3 is 0 Å². The molecule has 36 heavy (non-hydrogen) atoms. The first-order valence-electron chi connectivity index (χ1n) is 11.5. The van der Waals surface area contributed by atoms with Crippen LogP contribution in [0.15, 0.2) is 41.8 Å². The number of nitrogens with zero attached hydrogens (tertiary/aromatic N) is 6. The lowest BCUT2D eigenvalue weighted by Crippen LogP contribution is -2.62. The molecule has 2 unspecified atom stereocenters. The van der Waals surface area contributed by atoms with Crippen molar-refractivity contribution in [3.8, 4) is 17.0 Å². The molecule has 3 N–H and O–H groups in total. The van der Waals surface area contributed by atoms with Crippen molar-refractivity contribution in [2.75, 3.05) is 18.4 Å². The lowest BCUT2D eigenvalue weighted by Gasteiger charge is -2.42. The number of ether oxygens (including phenoxy) is 1. The minimum absolute atomic E-state index is 0.0446. The molecule has 2 aliphatic heterocycles. The average molecular weight is 514 g/mol. The molecule has 14 heteroatoms. The molecule has 6 rings (SSSR count). The monoisotopic (exact) mass is 513 g/mol. The molecule has 1 aromatic carbocycles. The van der Waals surface area contributed by atoms with E-state index in [2.05, 4.69) is 35.9 Å². The van der Waals surface area contributed by atoms with Crippen LogP contribution in [0.1, 0.15) is 20.3 Å². The van der Waals surface area contributed by atoms with Crippen LogP contribution in [0.3, 0.4) is 0 Å². The summed E-state index contributed by atoms with van der Waals surface area (Å²) in [4.78, 5) is 8.82. The Morgan fingerprint density at radius 3 is 2.89 bits per heavy atom. The van der Waals surface area contributed by atoms with Crippen molar-refractivity contribution in [1.82, 2.24) is 39.4 Å². The predicted octanol–water partition coefficient (Wildman–Crippen LogP) is 1.92. The van der Waals surface area contributed by atoms with E-state index in [1.165, 1.54) is 27.3 Å². The maximum Gasteiger partial charge on any atom is 0.247 e. The van der Waals surface area contributed by atoms with E-state index in [0.29, 0.717) is 23.6 Å². The van der Waals surface area contributed by atoms with Crippen LogP contribution in [0.25, 0.3) is 16.9 Å². The van der Waals surface area contributed by atoms with Gasteiger partial charge in [-0.1, -0.05) is 0 Å². The van der Waals surface area contributed by atoms with E-state index in [0.717, 1.165) is 24.6 Å². The van der Waals surface area contributed by atoms with E-state index >= 15 is 4.39 Å². The Balaban J connectivity index is 1.29. The molecule has 2 saturated heterocycles. The van der Waals surface area contributed by atoms with Gasteiger partial charge in [-0.3, -0.25) is 5.10 Å². The Labute approximate surface area is 205 Å². The second-order valence-corrected chi connectivity index (χ2v) is 10.9. The number of H-pyrrole nitrogens is 1. The molecular weight excluding hydrogens is 489 g/mol. The summed E-state index contributed by atoms with van der Waals surface area (Å²) in [7, 11) is -3.77. The number of fused-ring (bicyclic) bond motifs is 2. The smallest absolute Gasteiger partial charge is 0.247 e. The zero-order valence-corrected chi connectivity index (χ0v) is 20.3. The molecule has 2 atom stereocenters. The minimum Gasteiger partial charge on any atom is -0.485 e. The van der Waals surface area contributed by atoms with Gasteiger partial charge in [0.2, 0.25) is 21.6 Å². The Morgan fingerprint density at radius 1 is 1.31 bits per heavy atom. The SMILES string of the molecule is CC(C)Oc1c(-c2cn[nH]c2)ncn2nc(Nc3ccc(S(=O)(=O)N4CC5NCCC54)cc3F)nc12. The van der Waals surface area contributed by atoms with Gasteiger partial charge < -0.3 is 15.4 Å². The number of benzene rings is 1. The molecule has 0 aliphatic carbocycles. The van der Waals surface area contributed by atoms with Gasteiger partial charge in [-0.15, -0.1) is 5.10 Å². The number of rotatable bonds is 7. The summed E-state index contributed by atoms with van der Waals surface area (Å²) in [5, 5.41) is 17.1. The van der Waals surface area contributed by atoms with Crippen LogP contribution in [0.4, 0.5) is 16.0 Å². The van der Waals surface area contributed by atoms with Crippen LogP contribution in [0.2, 0.25) is 0 Å². The van der Waals surface area contributed by atoms with Crippen LogP contribution < -0.4 is 15.4 Å². The molecule has 0 saturated carbocycles. The van der Waals surface area contributed by atoms with E-state index in [1.807, 2.05) is 13.8 Å². The zero-order chi connectivity index (χ0) is 25.0. The van der Waals surface area contributed by atoms with Gasteiger partial charge in [0.15, 0.2) is 5.75 Å². The summed E-state index contributed by atoms with van der Waals surface area (Å²) in [5.74, 6) is -0.218. The quantitative estimate of drug-likeness (QED) is 0.338. The van der Waals surface area contributed by atoms with Crippen LogP contribution in [0.5, 0.6) is 5.75 Å². The van der Waals surface area contributed by atoms with Gasteiger partial charge in [-0.25, -0.2) is 17.8 Å². The fraction of sp³-hybridized carbons (Fsp3) is 0.364. The molecule has 0 radical (unpaired) electrons. The largest absolute Gasteiger partial charge is 0.485 e. The number of aromatic nitrogens is 6. The lowest BCUT2D eigenvalue weighted by atomic mass is 10.0. The number of hydrogen-bond acceptors (Lipinski definition) is 9.